The van der Waals surface area contributed by atoms with Crippen molar-refractivity contribution in [2.75, 3.05) is 7.05 Å². The van der Waals surface area contributed by atoms with Crippen molar-refractivity contribution in [2.24, 2.45) is 0 Å². The largest absolute Gasteiger partial charge is 0.457 e. The maximum absolute atomic E-state index is 11.2. The van der Waals surface area contributed by atoms with Crippen molar-refractivity contribution in [2.45, 2.75) is 6.55 Å². The van der Waals surface area contributed by atoms with Crippen molar-refractivity contribution in [1.29, 1.82) is 0 Å². The molecule has 0 aliphatic heterocycles. The summed E-state index contributed by atoms with van der Waals surface area (Å²) in [5.41, 5.74) is 0. The summed E-state index contributed by atoms with van der Waals surface area (Å²) in [5.74, 6) is 0. The molecule has 0 aliphatic carbocycles. The minimum Gasteiger partial charge on any atom is -0.251 e. The quantitative estimate of drug-likeness (QED) is 0.474. The van der Waals surface area contributed by atoms with Gasteiger partial charge < -0.3 is 0 Å². The summed E-state index contributed by atoms with van der Waals surface area (Å²) in [6.07, 6.45) is -1.88. The van der Waals surface area contributed by atoms with Crippen LogP contribution in [0.5, 0.6) is 0 Å². The molecule has 0 unspecified atom stereocenters. The number of rotatable bonds is 1. The molecule has 0 heterocycles. The van der Waals surface area contributed by atoms with E-state index in [1.807, 2.05) is 0 Å². The highest BCUT2D eigenvalue weighted by Crippen LogP contribution is 1.97. The van der Waals surface area contributed by atoms with E-state index in [1.165, 1.54) is 0 Å². The summed E-state index contributed by atoms with van der Waals surface area (Å²) >= 11 is 0. The summed E-state index contributed by atoms with van der Waals surface area (Å²) in [6, 6.07) is 0. The highest BCUT2D eigenvalue weighted by Gasteiger charge is 2.16. The summed E-state index contributed by atoms with van der Waals surface area (Å²) in [4.78, 5) is 9.28. The summed E-state index contributed by atoms with van der Waals surface area (Å²) < 4.78 is 22.4. The van der Waals surface area contributed by atoms with E-state index in [-0.39, 0.29) is 4.90 Å². The molecule has 0 aromatic rings. The minimum atomic E-state index is -2.99. The van der Waals surface area contributed by atoms with Crippen LogP contribution in [0, 0.1) is 0 Å². The van der Waals surface area contributed by atoms with E-state index in [0.29, 0.717) is 0 Å². The fourth-order valence-electron chi connectivity index (χ4n) is 0.0797. The monoisotopic (exact) mass is 124 g/mol. The van der Waals surface area contributed by atoms with Crippen LogP contribution >= 0.6 is 0 Å². The maximum atomic E-state index is 11.2. The van der Waals surface area contributed by atoms with Crippen molar-refractivity contribution in [3.63, 3.8) is 0 Å². The van der Waals surface area contributed by atoms with Gasteiger partial charge in [0.25, 0.3) is 0 Å². The fraction of sp³-hybridized carbons (Fsp3) is 0.667. The second-order valence-electron chi connectivity index (χ2n) is 1.15. The van der Waals surface area contributed by atoms with Gasteiger partial charge in [-0.25, -0.2) is 9.90 Å². The van der Waals surface area contributed by atoms with Crippen LogP contribution in [-0.4, -0.2) is 24.6 Å². The van der Waals surface area contributed by atoms with Crippen LogP contribution in [-0.2, 0) is 5.11 Å². The molecule has 0 aromatic heterocycles. The molecule has 0 aromatic carbocycles. The number of nitrogens with zero attached hydrogens (tertiary/aromatic N) is 1. The Morgan fingerprint density at radius 3 is 2.00 bits per heavy atom. The Morgan fingerprint density at radius 1 is 1.62 bits per heavy atom. The smallest absolute Gasteiger partial charge is 0.251 e. The predicted molar refractivity (Wildman–Crippen MR) is 19.8 cm³/mol. The number of hydrogen-bond acceptors (Lipinski definition) is 1. The summed E-state index contributed by atoms with van der Waals surface area (Å²) in [5, 5.41) is 9.48. The molecular formula is C3H4F2NO2. The van der Waals surface area contributed by atoms with Crippen LogP contribution in [0.4, 0.5) is 13.6 Å². The van der Waals surface area contributed by atoms with Crippen molar-refractivity contribution < 1.29 is 18.7 Å². The molecule has 0 saturated carbocycles. The van der Waals surface area contributed by atoms with Gasteiger partial charge in [0.05, 0.1) is 0 Å². The van der Waals surface area contributed by atoms with Gasteiger partial charge in [-0.3, -0.25) is 4.90 Å². The van der Waals surface area contributed by atoms with E-state index >= 15 is 0 Å². The van der Waals surface area contributed by atoms with Gasteiger partial charge in [-0.2, -0.15) is 8.78 Å². The molecule has 1 radical (unpaired) electrons. The van der Waals surface area contributed by atoms with E-state index in [1.54, 1.807) is 0 Å². The lowest BCUT2D eigenvalue weighted by Crippen LogP contribution is -2.28. The highest BCUT2D eigenvalue weighted by atomic mass is 19.3. The van der Waals surface area contributed by atoms with Gasteiger partial charge in [0.2, 0.25) is 0 Å². The molecule has 0 N–H and O–H groups in total. The van der Waals surface area contributed by atoms with E-state index in [4.69, 9.17) is 0 Å². The van der Waals surface area contributed by atoms with Gasteiger partial charge in [-0.15, -0.1) is 0 Å². The average molecular weight is 124 g/mol. The van der Waals surface area contributed by atoms with Crippen LogP contribution in [0.1, 0.15) is 0 Å². The van der Waals surface area contributed by atoms with E-state index < -0.39 is 12.6 Å². The van der Waals surface area contributed by atoms with Gasteiger partial charge >= 0.3 is 12.6 Å². The first-order valence-electron chi connectivity index (χ1n) is 1.77. The maximum Gasteiger partial charge on any atom is 0.457 e. The van der Waals surface area contributed by atoms with Gasteiger partial charge in [-0.1, -0.05) is 0 Å². The van der Waals surface area contributed by atoms with E-state index in [2.05, 4.69) is 0 Å². The zero-order chi connectivity index (χ0) is 6.73. The number of alkyl halides is 2. The number of hydrogen-bond donors (Lipinski definition) is 0. The van der Waals surface area contributed by atoms with Crippen molar-refractivity contribution in [3.8, 4) is 0 Å². The summed E-state index contributed by atoms with van der Waals surface area (Å²) in [7, 11) is 0.736. The highest BCUT2D eigenvalue weighted by molar-refractivity contribution is 5.63. The standard InChI is InChI=1S/C3H4F2NO2/c1-6(2(4)5)3(7)8/h2H,1H3. The minimum absolute atomic E-state index is 0.194. The number of halogens is 2. The Morgan fingerprint density at radius 2 is 2.00 bits per heavy atom. The zero-order valence-electron chi connectivity index (χ0n) is 4.10. The fourth-order valence-corrected chi connectivity index (χ4v) is 0.0797. The summed E-state index contributed by atoms with van der Waals surface area (Å²) in [6.45, 7) is -2.99. The molecule has 0 aliphatic rings. The Labute approximate surface area is 44.5 Å². The molecule has 1 amide bonds. The molecule has 5 heteroatoms. The molecule has 0 atom stereocenters. The lowest BCUT2D eigenvalue weighted by atomic mass is 10.9. The molecular weight excluding hydrogens is 120 g/mol. The molecule has 0 saturated heterocycles. The molecule has 8 heavy (non-hydrogen) atoms. The van der Waals surface area contributed by atoms with Gasteiger partial charge in [0, 0.05) is 7.05 Å². The molecule has 0 rings (SSSR count). The van der Waals surface area contributed by atoms with Crippen molar-refractivity contribution >= 4 is 6.09 Å². The van der Waals surface area contributed by atoms with Gasteiger partial charge in [0.1, 0.15) is 0 Å². The molecule has 0 spiro atoms. The Bertz CT molecular complexity index is 95.3. The van der Waals surface area contributed by atoms with Gasteiger partial charge in [-0.05, 0) is 0 Å². The zero-order valence-corrected chi connectivity index (χ0v) is 4.10. The first-order valence-corrected chi connectivity index (χ1v) is 1.77. The third-order valence-electron chi connectivity index (χ3n) is 0.581. The first-order chi connectivity index (χ1) is 3.55. The normalized spacial score (nSPS) is 9.50. The predicted octanol–water partition coefficient (Wildman–Crippen LogP) is 0.691. The lowest BCUT2D eigenvalue weighted by molar-refractivity contribution is -0.00675. The third-order valence-corrected chi connectivity index (χ3v) is 0.581. The molecule has 47 valence electrons. The lowest BCUT2D eigenvalue weighted by Gasteiger charge is -2.07. The SMILES string of the molecule is CN(C([O])=O)C(F)F. The van der Waals surface area contributed by atoms with Crippen LogP contribution in [0.2, 0.25) is 0 Å². The Kier molecular flexibility index (Phi) is 2.18. The van der Waals surface area contributed by atoms with E-state index in [0.717, 1.165) is 7.05 Å². The second kappa shape index (κ2) is 2.44. The first kappa shape index (κ1) is 7.13. The molecule has 0 bridgehead atoms. The number of amides is 1. The molecule has 3 nitrogen and oxygen atoms in total. The number of carbonyl (C=O) groups excluding carboxylic acids is 1. The average Bonchev–Trinajstić information content (AvgIpc) is 1.64. The van der Waals surface area contributed by atoms with Crippen LogP contribution < -0.4 is 0 Å². The second-order valence-corrected chi connectivity index (χ2v) is 1.15. The van der Waals surface area contributed by atoms with Crippen LogP contribution in [0.3, 0.4) is 0 Å². The van der Waals surface area contributed by atoms with Crippen LogP contribution in [0.15, 0.2) is 0 Å². The molecule has 0 fully saturated rings. The number of carbonyl (C=O) groups is 1. The van der Waals surface area contributed by atoms with Gasteiger partial charge in [0.15, 0.2) is 0 Å². The topological polar surface area (TPSA) is 40.2 Å². The van der Waals surface area contributed by atoms with Crippen LogP contribution in [0.25, 0.3) is 0 Å². The Hall–Kier alpha value is -0.870. The van der Waals surface area contributed by atoms with Crippen molar-refractivity contribution in [1.82, 2.24) is 4.90 Å². The van der Waals surface area contributed by atoms with E-state index in [9.17, 15) is 18.7 Å². The van der Waals surface area contributed by atoms with Crippen molar-refractivity contribution in [3.05, 3.63) is 0 Å². The Balaban J connectivity index is 3.64. The third kappa shape index (κ3) is 1.72.